The topological polar surface area (TPSA) is 29.3 Å². The lowest BCUT2D eigenvalue weighted by atomic mass is 10.2. The minimum atomic E-state index is -1.22. The Labute approximate surface area is 112 Å². The number of benzene rings is 1. The molecule has 0 amide bonds. The van der Waals surface area contributed by atoms with Gasteiger partial charge in [0.1, 0.15) is 11.5 Å². The van der Waals surface area contributed by atoms with Gasteiger partial charge < -0.3 is 9.72 Å². The van der Waals surface area contributed by atoms with E-state index in [0.29, 0.717) is 11.8 Å². The number of fused-ring (bicyclic) bond motifs is 1. The molecule has 102 valence electrons. The van der Waals surface area contributed by atoms with Gasteiger partial charge in [0, 0.05) is 24.5 Å². The number of pyridine rings is 1. The van der Waals surface area contributed by atoms with Gasteiger partial charge in [-0.3, -0.25) is 0 Å². The SMILES string of the molecule is Fc1cc(F)c(F)c(NCc2cn3ccccc3n2)c1. The summed E-state index contributed by atoms with van der Waals surface area (Å²) in [4.78, 5) is 4.29. The van der Waals surface area contributed by atoms with Crippen LogP contribution < -0.4 is 5.32 Å². The highest BCUT2D eigenvalue weighted by molar-refractivity contribution is 5.46. The van der Waals surface area contributed by atoms with E-state index in [1.54, 1.807) is 10.6 Å². The van der Waals surface area contributed by atoms with Crippen molar-refractivity contribution in [1.82, 2.24) is 9.38 Å². The Bertz CT molecular complexity index is 734. The number of nitrogens with one attached hydrogen (secondary N) is 1. The molecule has 2 heterocycles. The van der Waals surface area contributed by atoms with Gasteiger partial charge in [0.15, 0.2) is 11.6 Å². The van der Waals surface area contributed by atoms with E-state index in [9.17, 15) is 13.2 Å². The van der Waals surface area contributed by atoms with E-state index in [4.69, 9.17) is 0 Å². The van der Waals surface area contributed by atoms with Gasteiger partial charge in [-0.1, -0.05) is 6.07 Å². The van der Waals surface area contributed by atoms with Gasteiger partial charge in [-0.05, 0) is 12.1 Å². The third-order valence-corrected chi connectivity index (χ3v) is 2.87. The minimum absolute atomic E-state index is 0.168. The number of anilines is 1. The maximum atomic E-state index is 13.5. The van der Waals surface area contributed by atoms with Gasteiger partial charge in [-0.15, -0.1) is 0 Å². The highest BCUT2D eigenvalue weighted by Gasteiger charge is 2.11. The van der Waals surface area contributed by atoms with Crippen LogP contribution in [0.3, 0.4) is 0 Å². The summed E-state index contributed by atoms with van der Waals surface area (Å²) in [6.07, 6.45) is 3.59. The summed E-state index contributed by atoms with van der Waals surface area (Å²) in [6.45, 7) is 0.168. The molecule has 0 saturated heterocycles. The van der Waals surface area contributed by atoms with Gasteiger partial charge in [0.2, 0.25) is 0 Å². The van der Waals surface area contributed by atoms with Crippen molar-refractivity contribution in [3.05, 3.63) is 65.9 Å². The fraction of sp³-hybridized carbons (Fsp3) is 0.0714. The molecule has 6 heteroatoms. The normalized spacial score (nSPS) is 10.9. The van der Waals surface area contributed by atoms with Crippen molar-refractivity contribution in [3.8, 4) is 0 Å². The quantitative estimate of drug-likeness (QED) is 0.744. The van der Waals surface area contributed by atoms with E-state index in [-0.39, 0.29) is 12.2 Å². The molecule has 0 saturated carbocycles. The Morgan fingerprint density at radius 1 is 1.15 bits per heavy atom. The minimum Gasteiger partial charge on any atom is -0.377 e. The van der Waals surface area contributed by atoms with E-state index in [0.717, 1.165) is 11.7 Å². The molecule has 1 aromatic carbocycles. The van der Waals surface area contributed by atoms with Crippen LogP contribution in [0.25, 0.3) is 5.65 Å². The van der Waals surface area contributed by atoms with Crippen LogP contribution in [0, 0.1) is 17.5 Å². The Balaban J connectivity index is 1.82. The highest BCUT2D eigenvalue weighted by atomic mass is 19.2. The Hall–Kier alpha value is -2.50. The largest absolute Gasteiger partial charge is 0.377 e. The van der Waals surface area contributed by atoms with Crippen molar-refractivity contribution in [2.45, 2.75) is 6.54 Å². The van der Waals surface area contributed by atoms with Crippen molar-refractivity contribution < 1.29 is 13.2 Å². The van der Waals surface area contributed by atoms with Gasteiger partial charge >= 0.3 is 0 Å². The van der Waals surface area contributed by atoms with E-state index in [1.807, 2.05) is 24.4 Å². The fourth-order valence-electron chi connectivity index (χ4n) is 1.94. The molecular formula is C14H10F3N3. The lowest BCUT2D eigenvalue weighted by Gasteiger charge is -2.06. The van der Waals surface area contributed by atoms with Crippen LogP contribution >= 0.6 is 0 Å². The lowest BCUT2D eigenvalue weighted by Crippen LogP contribution is -2.03. The van der Waals surface area contributed by atoms with Gasteiger partial charge in [-0.2, -0.15) is 0 Å². The maximum absolute atomic E-state index is 13.5. The first-order chi connectivity index (χ1) is 9.63. The first kappa shape index (κ1) is 12.5. The molecule has 0 aliphatic heterocycles. The first-order valence-electron chi connectivity index (χ1n) is 5.94. The predicted molar refractivity (Wildman–Crippen MR) is 68.8 cm³/mol. The first-order valence-corrected chi connectivity index (χ1v) is 5.94. The molecule has 2 aromatic heterocycles. The average Bonchev–Trinajstić information content (AvgIpc) is 2.84. The zero-order chi connectivity index (χ0) is 14.1. The van der Waals surface area contributed by atoms with Crippen LogP contribution in [-0.2, 0) is 6.54 Å². The summed E-state index contributed by atoms with van der Waals surface area (Å²) in [5, 5.41) is 2.64. The Morgan fingerprint density at radius 3 is 2.80 bits per heavy atom. The number of hydrogen-bond donors (Lipinski definition) is 1. The molecule has 0 aliphatic carbocycles. The molecule has 3 rings (SSSR count). The number of aromatic nitrogens is 2. The second kappa shape index (κ2) is 4.88. The summed E-state index contributed by atoms with van der Waals surface area (Å²) in [5.74, 6) is -3.15. The number of nitrogens with zero attached hydrogens (tertiary/aromatic N) is 2. The lowest BCUT2D eigenvalue weighted by molar-refractivity contribution is 0.497. The molecule has 0 atom stereocenters. The number of halogens is 3. The average molecular weight is 277 g/mol. The third kappa shape index (κ3) is 2.32. The van der Waals surface area contributed by atoms with E-state index >= 15 is 0 Å². The Morgan fingerprint density at radius 2 is 2.00 bits per heavy atom. The van der Waals surface area contributed by atoms with Gasteiger partial charge in [0.25, 0.3) is 0 Å². The van der Waals surface area contributed by atoms with Crippen LogP contribution in [0.15, 0.2) is 42.7 Å². The van der Waals surface area contributed by atoms with Gasteiger partial charge in [0.05, 0.1) is 17.9 Å². The van der Waals surface area contributed by atoms with Crippen LogP contribution in [0.1, 0.15) is 5.69 Å². The van der Waals surface area contributed by atoms with Crippen LogP contribution in [0.2, 0.25) is 0 Å². The smallest absolute Gasteiger partial charge is 0.182 e. The summed E-state index contributed by atoms with van der Waals surface area (Å²) in [5.41, 5.74) is 1.16. The van der Waals surface area contributed by atoms with Crippen LogP contribution in [0.5, 0.6) is 0 Å². The van der Waals surface area contributed by atoms with Gasteiger partial charge in [-0.25, -0.2) is 18.2 Å². The van der Waals surface area contributed by atoms with Crippen molar-refractivity contribution in [2.24, 2.45) is 0 Å². The number of hydrogen-bond acceptors (Lipinski definition) is 2. The summed E-state index contributed by atoms with van der Waals surface area (Å²) >= 11 is 0. The van der Waals surface area contributed by atoms with Crippen molar-refractivity contribution >= 4 is 11.3 Å². The van der Waals surface area contributed by atoms with Crippen molar-refractivity contribution in [1.29, 1.82) is 0 Å². The molecule has 0 spiro atoms. The van der Waals surface area contributed by atoms with Crippen molar-refractivity contribution in [2.75, 3.05) is 5.32 Å². The number of rotatable bonds is 3. The Kier molecular flexibility index (Phi) is 3.06. The second-order valence-electron chi connectivity index (χ2n) is 4.30. The number of imidazole rings is 1. The van der Waals surface area contributed by atoms with Crippen LogP contribution in [0.4, 0.5) is 18.9 Å². The monoisotopic (exact) mass is 277 g/mol. The highest BCUT2D eigenvalue weighted by Crippen LogP contribution is 2.19. The van der Waals surface area contributed by atoms with E-state index in [2.05, 4.69) is 10.3 Å². The zero-order valence-electron chi connectivity index (χ0n) is 10.3. The molecule has 0 radical (unpaired) electrons. The zero-order valence-corrected chi connectivity index (χ0v) is 10.3. The fourth-order valence-corrected chi connectivity index (χ4v) is 1.94. The molecule has 0 unspecified atom stereocenters. The molecule has 1 N–H and O–H groups in total. The molecule has 0 fully saturated rings. The summed E-state index contributed by atoms with van der Waals surface area (Å²) < 4.78 is 41.4. The van der Waals surface area contributed by atoms with Crippen molar-refractivity contribution in [3.63, 3.8) is 0 Å². The summed E-state index contributed by atoms with van der Waals surface area (Å²) in [7, 11) is 0. The standard InChI is InChI=1S/C14H10F3N3/c15-9-5-11(16)14(17)12(6-9)18-7-10-8-20-4-2-1-3-13(20)19-10/h1-6,8,18H,7H2. The summed E-state index contributed by atoms with van der Waals surface area (Å²) in [6, 6.07) is 6.94. The molecule has 0 bridgehead atoms. The molecular weight excluding hydrogens is 267 g/mol. The molecule has 3 nitrogen and oxygen atoms in total. The van der Waals surface area contributed by atoms with Crippen LogP contribution in [-0.4, -0.2) is 9.38 Å². The molecule has 20 heavy (non-hydrogen) atoms. The second-order valence-corrected chi connectivity index (χ2v) is 4.30. The van der Waals surface area contributed by atoms with E-state index in [1.165, 1.54) is 0 Å². The van der Waals surface area contributed by atoms with E-state index < -0.39 is 17.5 Å². The molecule has 0 aliphatic rings. The third-order valence-electron chi connectivity index (χ3n) is 2.87. The predicted octanol–water partition coefficient (Wildman–Crippen LogP) is 3.36. The maximum Gasteiger partial charge on any atom is 0.182 e. The molecule has 3 aromatic rings.